The first kappa shape index (κ1) is 26.2. The molecule has 0 aromatic rings. The van der Waals surface area contributed by atoms with E-state index < -0.39 is 0 Å². The first-order valence-electron chi connectivity index (χ1n) is 13.6. The molecule has 1 saturated heterocycles. The third kappa shape index (κ3) is 7.84. The summed E-state index contributed by atoms with van der Waals surface area (Å²) >= 11 is 0. The number of piperidine rings is 1. The highest BCUT2D eigenvalue weighted by Gasteiger charge is 2.28. The molecule has 7 heteroatoms. The number of nitrogens with one attached hydrogen (secondary N) is 1. The smallest absolute Gasteiger partial charge is 0.317 e. The number of carbonyl (C=O) groups is 1. The van der Waals surface area contributed by atoms with Crippen LogP contribution in [0, 0.1) is 17.8 Å². The summed E-state index contributed by atoms with van der Waals surface area (Å²) in [6.45, 7) is 6.67. The van der Waals surface area contributed by atoms with Gasteiger partial charge in [0.15, 0.2) is 0 Å². The summed E-state index contributed by atoms with van der Waals surface area (Å²) < 4.78 is 6.23. The second-order valence-corrected chi connectivity index (χ2v) is 10.7. The topological polar surface area (TPSA) is 75.5 Å². The van der Waals surface area contributed by atoms with Gasteiger partial charge in [-0.25, -0.2) is 4.99 Å². The van der Waals surface area contributed by atoms with Gasteiger partial charge in [-0.1, -0.05) is 43.3 Å². The number of oxime groups is 1. The molecule has 4 rings (SSSR count). The molecule has 3 aliphatic carbocycles. The lowest BCUT2D eigenvalue weighted by Gasteiger charge is -2.32. The molecule has 1 amide bonds. The highest BCUT2D eigenvalue weighted by Crippen LogP contribution is 2.31. The zero-order valence-corrected chi connectivity index (χ0v) is 22.1. The zero-order valence-electron chi connectivity index (χ0n) is 22.1. The molecule has 1 unspecified atom stereocenters. The van der Waals surface area contributed by atoms with E-state index in [1.54, 1.807) is 13.3 Å². The van der Waals surface area contributed by atoms with Gasteiger partial charge in [0.05, 0.1) is 12.4 Å². The van der Waals surface area contributed by atoms with Crippen molar-refractivity contribution in [1.82, 2.24) is 10.2 Å². The summed E-state index contributed by atoms with van der Waals surface area (Å²) in [4.78, 5) is 24.3. The van der Waals surface area contributed by atoms with Crippen LogP contribution in [0.2, 0.25) is 0 Å². The number of amidine groups is 1. The molecule has 36 heavy (non-hydrogen) atoms. The van der Waals surface area contributed by atoms with Crippen molar-refractivity contribution in [1.29, 1.82) is 0 Å². The monoisotopic (exact) mass is 494 g/mol. The molecule has 2 fully saturated rings. The lowest BCUT2D eigenvalue weighted by atomic mass is 9.85. The van der Waals surface area contributed by atoms with Crippen molar-refractivity contribution in [3.63, 3.8) is 0 Å². The van der Waals surface area contributed by atoms with E-state index >= 15 is 0 Å². The summed E-state index contributed by atoms with van der Waals surface area (Å²) in [5, 5.41) is 7.20. The van der Waals surface area contributed by atoms with Crippen LogP contribution in [0.15, 0.2) is 57.4 Å². The predicted molar refractivity (Wildman–Crippen MR) is 145 cm³/mol. The van der Waals surface area contributed by atoms with Gasteiger partial charge in [-0.3, -0.25) is 4.79 Å². The fraction of sp³-hybridized carbons (Fsp3) is 0.621. The maximum Gasteiger partial charge on any atom is 0.317 e. The van der Waals surface area contributed by atoms with Crippen LogP contribution in [-0.2, 0) is 14.4 Å². The molecule has 1 N–H and O–H groups in total. The van der Waals surface area contributed by atoms with E-state index in [1.165, 1.54) is 11.1 Å². The summed E-state index contributed by atoms with van der Waals surface area (Å²) in [7, 11) is 1.75. The number of allylic oxidation sites excluding steroid dienone is 7. The van der Waals surface area contributed by atoms with E-state index in [4.69, 9.17) is 9.57 Å². The average molecular weight is 495 g/mol. The summed E-state index contributed by atoms with van der Waals surface area (Å²) in [6.07, 6.45) is 20.7. The molecule has 0 aromatic carbocycles. The van der Waals surface area contributed by atoms with Gasteiger partial charge in [0.25, 0.3) is 0 Å². The number of amides is 1. The molecular weight excluding hydrogens is 452 g/mol. The Kier molecular flexibility index (Phi) is 9.42. The van der Waals surface area contributed by atoms with Gasteiger partial charge in [-0.15, -0.1) is 0 Å². The van der Waals surface area contributed by atoms with Crippen molar-refractivity contribution in [2.24, 2.45) is 27.9 Å². The van der Waals surface area contributed by atoms with Crippen LogP contribution in [0.4, 0.5) is 0 Å². The molecule has 0 aromatic heterocycles. The van der Waals surface area contributed by atoms with Gasteiger partial charge in [0.1, 0.15) is 0 Å². The third-order valence-electron chi connectivity index (χ3n) is 7.22. The van der Waals surface area contributed by atoms with E-state index in [-0.39, 0.29) is 11.8 Å². The second-order valence-electron chi connectivity index (χ2n) is 10.7. The number of hydrogen-bond acceptors (Lipinski definition) is 5. The van der Waals surface area contributed by atoms with Crippen LogP contribution < -0.4 is 5.32 Å². The summed E-state index contributed by atoms with van der Waals surface area (Å²) in [5.74, 6) is 2.26. The first-order chi connectivity index (χ1) is 17.5. The van der Waals surface area contributed by atoms with E-state index in [1.807, 2.05) is 0 Å². The Morgan fingerprint density at radius 2 is 2.00 bits per heavy atom. The maximum absolute atomic E-state index is 12.3. The fourth-order valence-corrected chi connectivity index (χ4v) is 4.77. The fourth-order valence-electron chi connectivity index (χ4n) is 4.77. The van der Waals surface area contributed by atoms with Crippen LogP contribution in [0.5, 0.6) is 0 Å². The average Bonchev–Trinajstić information content (AvgIpc) is 3.73. The third-order valence-corrected chi connectivity index (χ3v) is 7.22. The quantitative estimate of drug-likeness (QED) is 0.288. The van der Waals surface area contributed by atoms with Crippen LogP contribution in [-0.4, -0.2) is 55.8 Å². The van der Waals surface area contributed by atoms with Gasteiger partial charge in [-0.2, -0.15) is 0 Å². The number of nitrogens with zero attached hydrogens (tertiary/aromatic N) is 3. The van der Waals surface area contributed by atoms with Gasteiger partial charge < -0.3 is 19.8 Å². The Hall–Kier alpha value is -2.83. The summed E-state index contributed by atoms with van der Waals surface area (Å²) in [5.41, 5.74) is 2.59. The Labute approximate surface area is 216 Å². The van der Waals surface area contributed by atoms with Crippen LogP contribution in [0.25, 0.3) is 0 Å². The number of rotatable bonds is 8. The number of aliphatic imine (C=N–C) groups is 1. The molecule has 4 aliphatic rings. The molecule has 196 valence electrons. The molecule has 1 heterocycles. The Morgan fingerprint density at radius 3 is 2.67 bits per heavy atom. The predicted octanol–water partition coefficient (Wildman–Crippen LogP) is 5.13. The lowest BCUT2D eigenvalue weighted by Crippen LogP contribution is -2.40. The van der Waals surface area contributed by atoms with Crippen molar-refractivity contribution in [2.45, 2.75) is 71.3 Å². The largest absolute Gasteiger partial charge is 0.497 e. The highest BCUT2D eigenvalue weighted by molar-refractivity contribution is 5.79. The normalized spacial score (nSPS) is 23.8. The zero-order chi connectivity index (χ0) is 25.3. The van der Waals surface area contributed by atoms with Crippen LogP contribution >= 0.6 is 0 Å². The molecule has 0 bridgehead atoms. The van der Waals surface area contributed by atoms with Crippen molar-refractivity contribution in [3.8, 4) is 0 Å². The SMILES string of the molecule is CN=C(O/N=C/C(C)C)N1CCC(COC2=CC=C(C3=CCC(C(=O)NC4CC4)CC3)C=CC2)CC1. The maximum atomic E-state index is 12.3. The number of ether oxygens (including phenoxy) is 1. The van der Waals surface area contributed by atoms with E-state index in [9.17, 15) is 4.79 Å². The van der Waals surface area contributed by atoms with Gasteiger partial charge in [0.2, 0.25) is 5.91 Å². The van der Waals surface area contributed by atoms with E-state index in [2.05, 4.69) is 64.6 Å². The van der Waals surface area contributed by atoms with Crippen molar-refractivity contribution >= 4 is 18.1 Å². The molecule has 1 saturated carbocycles. The van der Waals surface area contributed by atoms with E-state index in [0.717, 1.165) is 76.8 Å². The van der Waals surface area contributed by atoms with Gasteiger partial charge in [0, 0.05) is 44.7 Å². The van der Waals surface area contributed by atoms with E-state index in [0.29, 0.717) is 23.9 Å². The Morgan fingerprint density at radius 1 is 1.19 bits per heavy atom. The first-order valence-corrected chi connectivity index (χ1v) is 13.6. The standard InChI is InChI=1S/C29H42N4O3/c1-21(2)19-31-36-29(30-3)33-17-15-22(16-18-33)20-35-27-6-4-5-23(11-14-27)24-7-9-25(10-8-24)28(34)32-26-12-13-26/h4-5,7,11,14,19,21-22,25-26H,6,8-10,12-13,15-18,20H2,1-3H3,(H,32,34)/b30-29?,31-19+. The minimum Gasteiger partial charge on any atom is -0.497 e. The molecular formula is C29H42N4O3. The molecule has 1 atom stereocenters. The van der Waals surface area contributed by atoms with Crippen LogP contribution in [0.3, 0.4) is 0 Å². The highest BCUT2D eigenvalue weighted by atomic mass is 16.6. The van der Waals surface area contributed by atoms with Gasteiger partial charge in [-0.05, 0) is 74.0 Å². The number of carbonyl (C=O) groups excluding carboxylic acids is 1. The Balaban J connectivity index is 1.21. The molecule has 0 spiro atoms. The minimum absolute atomic E-state index is 0.129. The van der Waals surface area contributed by atoms with Gasteiger partial charge >= 0.3 is 6.02 Å². The molecule has 7 nitrogen and oxygen atoms in total. The molecule has 1 aliphatic heterocycles. The number of likely N-dealkylation sites (tertiary alicyclic amines) is 1. The van der Waals surface area contributed by atoms with Crippen LogP contribution in [0.1, 0.15) is 65.2 Å². The summed E-state index contributed by atoms with van der Waals surface area (Å²) in [6, 6.07) is 1.03. The second kappa shape index (κ2) is 12.9. The minimum atomic E-state index is 0.129. The lowest BCUT2D eigenvalue weighted by molar-refractivity contribution is -0.125. The van der Waals surface area contributed by atoms with Crippen molar-refractivity contribution < 1.29 is 14.4 Å². The Bertz CT molecular complexity index is 948. The molecule has 0 radical (unpaired) electrons. The van der Waals surface area contributed by atoms with Crippen molar-refractivity contribution in [2.75, 3.05) is 26.7 Å². The van der Waals surface area contributed by atoms with Crippen molar-refractivity contribution in [3.05, 3.63) is 47.3 Å². The number of hydrogen-bond donors (Lipinski definition) is 1.